The monoisotopic (exact) mass is 433 g/mol. The summed E-state index contributed by atoms with van der Waals surface area (Å²) < 4.78 is 50.8. The van der Waals surface area contributed by atoms with Gasteiger partial charge < -0.3 is 20.1 Å². The Balaban J connectivity index is 1.56. The molecule has 162 valence electrons. The second kappa shape index (κ2) is 6.71. The van der Waals surface area contributed by atoms with E-state index in [2.05, 4.69) is 21.1 Å². The van der Waals surface area contributed by atoms with E-state index in [9.17, 15) is 13.2 Å². The molecule has 8 nitrogen and oxygen atoms in total. The van der Waals surface area contributed by atoms with Crippen LogP contribution in [0.2, 0.25) is 0 Å². The van der Waals surface area contributed by atoms with Gasteiger partial charge in [-0.25, -0.2) is 15.3 Å². The molecule has 3 aliphatic heterocycles. The Kier molecular flexibility index (Phi) is 4.19. The van der Waals surface area contributed by atoms with Crippen LogP contribution in [0.4, 0.5) is 30.2 Å². The van der Waals surface area contributed by atoms with Crippen molar-refractivity contribution in [1.29, 1.82) is 0 Å². The molecule has 2 aromatic carbocycles. The van der Waals surface area contributed by atoms with Crippen molar-refractivity contribution >= 4 is 23.3 Å². The van der Waals surface area contributed by atoms with Crippen LogP contribution in [0.5, 0.6) is 11.5 Å². The first-order valence-electron chi connectivity index (χ1n) is 9.35. The van der Waals surface area contributed by atoms with Gasteiger partial charge in [0.15, 0.2) is 6.73 Å². The first-order valence-corrected chi connectivity index (χ1v) is 9.35. The number of fused-ring (bicyclic) bond motifs is 3. The molecular formula is C20H18F3N5O3. The van der Waals surface area contributed by atoms with E-state index < -0.39 is 17.7 Å². The van der Waals surface area contributed by atoms with Gasteiger partial charge in [-0.05, 0) is 43.3 Å². The number of anilines is 3. The van der Waals surface area contributed by atoms with Crippen LogP contribution in [0.3, 0.4) is 0 Å². The van der Waals surface area contributed by atoms with Crippen molar-refractivity contribution in [2.45, 2.75) is 19.1 Å². The van der Waals surface area contributed by atoms with Crippen molar-refractivity contribution in [3.8, 4) is 11.5 Å². The number of methoxy groups -OCH3 is 1. The first-order chi connectivity index (χ1) is 14.8. The number of alkyl halides is 3. The summed E-state index contributed by atoms with van der Waals surface area (Å²) in [6, 6.07) is 9.17. The zero-order valence-electron chi connectivity index (χ0n) is 16.5. The predicted molar refractivity (Wildman–Crippen MR) is 108 cm³/mol. The molecule has 1 fully saturated rings. The van der Waals surface area contributed by atoms with Gasteiger partial charge in [-0.3, -0.25) is 4.90 Å². The van der Waals surface area contributed by atoms with Gasteiger partial charge in [0, 0.05) is 17.5 Å². The largest absolute Gasteiger partial charge is 0.496 e. The van der Waals surface area contributed by atoms with Crippen LogP contribution in [0, 0.1) is 0 Å². The van der Waals surface area contributed by atoms with Crippen molar-refractivity contribution in [2.24, 2.45) is 4.99 Å². The third-order valence-electron chi connectivity index (χ3n) is 5.15. The molecule has 11 heteroatoms. The average Bonchev–Trinajstić information content (AvgIpc) is 3.32. The molecule has 0 spiro atoms. The highest BCUT2D eigenvalue weighted by molar-refractivity contribution is 5.85. The number of halogens is 3. The average molecular weight is 433 g/mol. The number of benzene rings is 2. The highest BCUT2D eigenvalue weighted by Gasteiger charge is 2.50. The smallest absolute Gasteiger partial charge is 0.420 e. The summed E-state index contributed by atoms with van der Waals surface area (Å²) >= 11 is 0. The Morgan fingerprint density at radius 2 is 2.06 bits per heavy atom. The van der Waals surface area contributed by atoms with E-state index in [-0.39, 0.29) is 11.4 Å². The fourth-order valence-electron chi connectivity index (χ4n) is 3.67. The standard InChI is InChI=1S/C20H18F3N5O3/c1-11-9-25-20(26-12-3-5-16(29-2)14(7-12)19(21,22)23)28(18(11)27-31-20)13-4-6-17-15(8-13)24-10-30-17/h3-9,24,26-27H,10H2,1-2H3. The maximum Gasteiger partial charge on any atom is 0.420 e. The summed E-state index contributed by atoms with van der Waals surface area (Å²) in [6.45, 7) is 2.21. The Hall–Kier alpha value is -3.60. The van der Waals surface area contributed by atoms with E-state index in [4.69, 9.17) is 14.3 Å². The molecule has 0 aromatic heterocycles. The van der Waals surface area contributed by atoms with E-state index in [1.807, 2.05) is 19.1 Å². The minimum absolute atomic E-state index is 0.153. The number of hydrogen-bond acceptors (Lipinski definition) is 8. The van der Waals surface area contributed by atoms with Gasteiger partial charge in [-0.15, -0.1) is 0 Å². The van der Waals surface area contributed by atoms with Gasteiger partial charge in [-0.1, -0.05) is 0 Å². The van der Waals surface area contributed by atoms with Crippen LogP contribution in [0.15, 0.2) is 52.8 Å². The van der Waals surface area contributed by atoms with Crippen molar-refractivity contribution in [3.05, 3.63) is 53.4 Å². The quantitative estimate of drug-likeness (QED) is 0.676. The molecule has 2 aromatic rings. The van der Waals surface area contributed by atoms with Gasteiger partial charge in [0.05, 0.1) is 24.0 Å². The van der Waals surface area contributed by atoms with Crippen molar-refractivity contribution in [2.75, 3.05) is 29.4 Å². The van der Waals surface area contributed by atoms with Gasteiger partial charge in [0.2, 0.25) is 0 Å². The molecule has 1 atom stereocenters. The van der Waals surface area contributed by atoms with Crippen LogP contribution in [-0.2, 0) is 11.0 Å². The van der Waals surface area contributed by atoms with Crippen molar-refractivity contribution < 1.29 is 27.5 Å². The minimum atomic E-state index is -4.59. The Labute approximate surface area is 175 Å². The molecule has 0 saturated carbocycles. The molecule has 31 heavy (non-hydrogen) atoms. The summed E-state index contributed by atoms with van der Waals surface area (Å²) in [5.41, 5.74) is 4.37. The molecule has 0 amide bonds. The predicted octanol–water partition coefficient (Wildman–Crippen LogP) is 3.86. The number of allylic oxidation sites excluding steroid dienone is 1. The Bertz CT molecular complexity index is 1120. The Morgan fingerprint density at radius 1 is 1.23 bits per heavy atom. The number of nitrogens with one attached hydrogen (secondary N) is 3. The molecule has 2 bridgehead atoms. The van der Waals surface area contributed by atoms with E-state index in [0.29, 0.717) is 24.0 Å². The van der Waals surface area contributed by atoms with Crippen molar-refractivity contribution in [3.63, 3.8) is 0 Å². The molecule has 3 N–H and O–H groups in total. The number of hydrogen-bond donors (Lipinski definition) is 3. The first kappa shape index (κ1) is 19.4. The number of aliphatic imine (C=N–C) groups is 1. The molecular weight excluding hydrogens is 415 g/mol. The SMILES string of the molecule is COc1ccc(NC23N=CC(C)=C(NO2)N3c2ccc3c(c2)NCO3)cc1C(F)(F)F. The zero-order valence-corrected chi connectivity index (χ0v) is 16.5. The molecule has 0 aliphatic carbocycles. The number of nitrogens with zero attached hydrogens (tertiary/aromatic N) is 2. The second-order valence-electron chi connectivity index (χ2n) is 7.12. The topological polar surface area (TPSA) is 79.4 Å². The summed E-state index contributed by atoms with van der Waals surface area (Å²) in [5, 5.41) is 6.10. The normalized spacial score (nSPS) is 21.4. The molecule has 0 radical (unpaired) electrons. The molecule has 3 heterocycles. The van der Waals surface area contributed by atoms with Crippen LogP contribution in [0.1, 0.15) is 12.5 Å². The Morgan fingerprint density at radius 3 is 2.84 bits per heavy atom. The lowest BCUT2D eigenvalue weighted by Crippen LogP contribution is -2.51. The van der Waals surface area contributed by atoms with Crippen LogP contribution < -0.4 is 30.5 Å². The summed E-state index contributed by atoms with van der Waals surface area (Å²) in [6.07, 6.45) is -2.99. The van der Waals surface area contributed by atoms with Gasteiger partial charge in [0.25, 0.3) is 0 Å². The summed E-state index contributed by atoms with van der Waals surface area (Å²) in [5.74, 6) is -0.472. The van der Waals surface area contributed by atoms with Crippen LogP contribution in [0.25, 0.3) is 0 Å². The van der Waals surface area contributed by atoms with E-state index in [1.54, 1.807) is 17.2 Å². The lowest BCUT2D eigenvalue weighted by Gasteiger charge is -2.36. The molecule has 1 unspecified atom stereocenters. The molecule has 5 rings (SSSR count). The van der Waals surface area contributed by atoms with Gasteiger partial charge in [0.1, 0.15) is 17.3 Å². The van der Waals surface area contributed by atoms with Crippen LogP contribution >= 0.6 is 0 Å². The third kappa shape index (κ3) is 3.08. The van der Waals surface area contributed by atoms with E-state index in [0.717, 1.165) is 17.3 Å². The maximum atomic E-state index is 13.5. The number of ether oxygens (including phenoxy) is 2. The molecule has 3 aliphatic rings. The van der Waals surface area contributed by atoms with Crippen molar-refractivity contribution in [1.82, 2.24) is 5.48 Å². The highest BCUT2D eigenvalue weighted by Crippen LogP contribution is 2.43. The number of rotatable bonds is 4. The minimum Gasteiger partial charge on any atom is -0.496 e. The fraction of sp³-hybridized carbons (Fsp3) is 0.250. The number of hydroxylamine groups is 1. The van der Waals surface area contributed by atoms with Gasteiger partial charge in [-0.2, -0.15) is 13.2 Å². The van der Waals surface area contributed by atoms with Crippen LogP contribution in [-0.4, -0.2) is 26.0 Å². The lowest BCUT2D eigenvalue weighted by atomic mass is 10.1. The summed E-state index contributed by atoms with van der Waals surface area (Å²) in [7, 11) is 1.19. The second-order valence-corrected chi connectivity index (χ2v) is 7.12. The van der Waals surface area contributed by atoms with Gasteiger partial charge >= 0.3 is 12.1 Å². The fourth-order valence-corrected chi connectivity index (χ4v) is 3.67. The summed E-state index contributed by atoms with van der Waals surface area (Å²) in [4.78, 5) is 12.0. The zero-order chi connectivity index (χ0) is 21.8. The third-order valence-corrected chi connectivity index (χ3v) is 5.15. The van der Waals surface area contributed by atoms with E-state index in [1.165, 1.54) is 19.2 Å². The highest BCUT2D eigenvalue weighted by atomic mass is 19.4. The molecule has 1 saturated heterocycles. The maximum absolute atomic E-state index is 13.5. The van der Waals surface area contributed by atoms with E-state index >= 15 is 0 Å². The lowest BCUT2D eigenvalue weighted by molar-refractivity contribution is -0.138.